The highest BCUT2D eigenvalue weighted by Gasteiger charge is 2.36. The van der Waals surface area contributed by atoms with Gasteiger partial charge >= 0.3 is 12.0 Å². The Labute approximate surface area is 118 Å². The third-order valence-electron chi connectivity index (χ3n) is 3.47. The Morgan fingerprint density at radius 2 is 2.00 bits per heavy atom. The minimum absolute atomic E-state index is 0.000715. The molecule has 0 saturated carbocycles. The number of hydrogen-bond donors (Lipinski definition) is 3. The zero-order chi connectivity index (χ0) is 15.5. The van der Waals surface area contributed by atoms with Gasteiger partial charge in [-0.3, -0.25) is 4.79 Å². The van der Waals surface area contributed by atoms with E-state index in [1.54, 1.807) is 13.8 Å². The van der Waals surface area contributed by atoms with Gasteiger partial charge in [0.2, 0.25) is 5.91 Å². The number of likely N-dealkylation sites (tertiary alicyclic amines) is 1. The van der Waals surface area contributed by atoms with E-state index in [2.05, 4.69) is 5.32 Å². The van der Waals surface area contributed by atoms with Crippen molar-refractivity contribution in [2.75, 3.05) is 6.54 Å². The molecule has 1 aliphatic heterocycles. The molecule has 1 fully saturated rings. The van der Waals surface area contributed by atoms with Gasteiger partial charge in [-0.25, -0.2) is 9.59 Å². The van der Waals surface area contributed by atoms with Crippen molar-refractivity contribution >= 4 is 17.9 Å². The summed E-state index contributed by atoms with van der Waals surface area (Å²) in [5.74, 6) is -1.24. The second-order valence-corrected chi connectivity index (χ2v) is 6.13. The molecule has 0 aliphatic carbocycles. The maximum atomic E-state index is 12.2. The average Bonchev–Trinajstić information content (AvgIpc) is 2.25. The lowest BCUT2D eigenvalue weighted by Crippen LogP contribution is -2.57. The Kier molecular flexibility index (Phi) is 4.97. The van der Waals surface area contributed by atoms with Crippen LogP contribution in [0.3, 0.4) is 0 Å². The number of nitrogens with zero attached hydrogens (tertiary/aromatic N) is 1. The van der Waals surface area contributed by atoms with Crippen LogP contribution in [0.5, 0.6) is 0 Å². The molecule has 3 amide bonds. The van der Waals surface area contributed by atoms with E-state index < -0.39 is 29.5 Å². The number of hydrogen-bond acceptors (Lipinski definition) is 3. The minimum atomic E-state index is -1.00. The summed E-state index contributed by atoms with van der Waals surface area (Å²) in [6, 6.07) is -1.28. The SMILES string of the molecule is CC1CCN(C(=O)NC(C)(C)CC(N)=O)C(C(=O)O)C1. The monoisotopic (exact) mass is 285 g/mol. The summed E-state index contributed by atoms with van der Waals surface area (Å²) in [5, 5.41) is 11.9. The minimum Gasteiger partial charge on any atom is -0.480 e. The molecule has 0 radical (unpaired) electrons. The average molecular weight is 285 g/mol. The Bertz CT molecular complexity index is 408. The first kappa shape index (κ1) is 16.3. The van der Waals surface area contributed by atoms with E-state index in [9.17, 15) is 19.5 Å². The summed E-state index contributed by atoms with van der Waals surface area (Å²) in [5.41, 5.74) is 4.33. The third-order valence-corrected chi connectivity index (χ3v) is 3.47. The molecule has 0 aromatic rings. The predicted molar refractivity (Wildman–Crippen MR) is 72.9 cm³/mol. The first-order valence-electron chi connectivity index (χ1n) is 6.72. The van der Waals surface area contributed by atoms with Gasteiger partial charge in [0.05, 0.1) is 0 Å². The van der Waals surface area contributed by atoms with Gasteiger partial charge in [-0.1, -0.05) is 6.92 Å². The van der Waals surface area contributed by atoms with E-state index in [0.717, 1.165) is 6.42 Å². The number of carbonyl (C=O) groups excluding carboxylic acids is 2. The van der Waals surface area contributed by atoms with Crippen molar-refractivity contribution in [3.63, 3.8) is 0 Å². The molecule has 2 unspecified atom stereocenters. The van der Waals surface area contributed by atoms with Gasteiger partial charge < -0.3 is 21.1 Å². The lowest BCUT2D eigenvalue weighted by molar-refractivity contribution is -0.144. The lowest BCUT2D eigenvalue weighted by atomic mass is 9.92. The number of urea groups is 1. The molecular weight excluding hydrogens is 262 g/mol. The second-order valence-electron chi connectivity index (χ2n) is 6.13. The van der Waals surface area contributed by atoms with Gasteiger partial charge in [0.25, 0.3) is 0 Å². The van der Waals surface area contributed by atoms with Crippen LogP contribution < -0.4 is 11.1 Å². The van der Waals surface area contributed by atoms with Crippen molar-refractivity contribution in [3.05, 3.63) is 0 Å². The Hall–Kier alpha value is -1.79. The van der Waals surface area contributed by atoms with Gasteiger partial charge in [-0.2, -0.15) is 0 Å². The predicted octanol–water partition coefficient (Wildman–Crippen LogP) is 0.535. The van der Waals surface area contributed by atoms with Gasteiger partial charge in [0.1, 0.15) is 6.04 Å². The van der Waals surface area contributed by atoms with Crippen molar-refractivity contribution < 1.29 is 19.5 Å². The number of carboxylic acids is 1. The Morgan fingerprint density at radius 1 is 1.40 bits per heavy atom. The summed E-state index contributed by atoms with van der Waals surface area (Å²) in [4.78, 5) is 35.8. The van der Waals surface area contributed by atoms with E-state index in [-0.39, 0.29) is 12.3 Å². The van der Waals surface area contributed by atoms with Crippen molar-refractivity contribution in [1.82, 2.24) is 10.2 Å². The van der Waals surface area contributed by atoms with Crippen LogP contribution in [0, 0.1) is 5.92 Å². The lowest BCUT2D eigenvalue weighted by Gasteiger charge is -2.38. The molecule has 114 valence electrons. The summed E-state index contributed by atoms with van der Waals surface area (Å²) in [6.45, 7) is 5.73. The molecule has 1 saturated heterocycles. The second kappa shape index (κ2) is 6.11. The van der Waals surface area contributed by atoms with Crippen LogP contribution in [0.2, 0.25) is 0 Å². The highest BCUT2D eigenvalue weighted by molar-refractivity contribution is 5.84. The van der Waals surface area contributed by atoms with Gasteiger partial charge in [-0.15, -0.1) is 0 Å². The largest absolute Gasteiger partial charge is 0.480 e. The molecule has 1 aliphatic rings. The topological polar surface area (TPSA) is 113 Å². The third kappa shape index (κ3) is 4.40. The van der Waals surface area contributed by atoms with E-state index in [0.29, 0.717) is 13.0 Å². The number of aliphatic carboxylic acids is 1. The summed E-state index contributed by atoms with van der Waals surface area (Å²) < 4.78 is 0. The number of carbonyl (C=O) groups is 3. The number of rotatable bonds is 4. The first-order chi connectivity index (χ1) is 9.12. The standard InChI is InChI=1S/C13H23N3O4/c1-8-4-5-16(9(6-8)11(18)19)12(20)15-13(2,3)7-10(14)17/h8-9H,4-7H2,1-3H3,(H2,14,17)(H,15,20)(H,18,19). The van der Waals surface area contributed by atoms with Crippen molar-refractivity contribution in [1.29, 1.82) is 0 Å². The Balaban J connectivity index is 2.74. The zero-order valence-electron chi connectivity index (χ0n) is 12.2. The van der Waals surface area contributed by atoms with Crippen molar-refractivity contribution in [2.24, 2.45) is 11.7 Å². The van der Waals surface area contributed by atoms with Gasteiger partial charge in [0, 0.05) is 18.5 Å². The van der Waals surface area contributed by atoms with E-state index >= 15 is 0 Å². The number of amides is 3. The molecule has 0 bridgehead atoms. The van der Waals surface area contributed by atoms with Crippen LogP contribution in [0.1, 0.15) is 40.0 Å². The normalized spacial score (nSPS) is 23.2. The first-order valence-corrected chi connectivity index (χ1v) is 6.72. The molecule has 4 N–H and O–H groups in total. The fourth-order valence-electron chi connectivity index (χ4n) is 2.46. The van der Waals surface area contributed by atoms with Gasteiger partial charge in [-0.05, 0) is 32.6 Å². The van der Waals surface area contributed by atoms with Crippen LogP contribution in [-0.4, -0.2) is 46.0 Å². The molecular formula is C13H23N3O4. The molecule has 0 aromatic carbocycles. The molecule has 1 heterocycles. The quantitative estimate of drug-likeness (QED) is 0.699. The molecule has 1 rings (SSSR count). The Morgan fingerprint density at radius 3 is 2.50 bits per heavy atom. The molecule has 7 nitrogen and oxygen atoms in total. The number of carboxylic acid groups (broad SMARTS) is 1. The van der Waals surface area contributed by atoms with Crippen LogP contribution in [0.25, 0.3) is 0 Å². The smallest absolute Gasteiger partial charge is 0.326 e. The number of nitrogens with one attached hydrogen (secondary N) is 1. The fraction of sp³-hybridized carbons (Fsp3) is 0.769. The van der Waals surface area contributed by atoms with E-state index in [1.165, 1.54) is 4.90 Å². The van der Waals surface area contributed by atoms with Crippen molar-refractivity contribution in [2.45, 2.75) is 51.6 Å². The maximum absolute atomic E-state index is 12.2. The number of nitrogens with two attached hydrogens (primary N) is 1. The maximum Gasteiger partial charge on any atom is 0.326 e. The molecule has 0 spiro atoms. The van der Waals surface area contributed by atoms with Crippen molar-refractivity contribution in [3.8, 4) is 0 Å². The van der Waals surface area contributed by atoms with Crippen LogP contribution >= 0.6 is 0 Å². The number of piperidine rings is 1. The highest BCUT2D eigenvalue weighted by atomic mass is 16.4. The van der Waals surface area contributed by atoms with Gasteiger partial charge in [0.15, 0.2) is 0 Å². The van der Waals surface area contributed by atoms with Crippen LogP contribution in [-0.2, 0) is 9.59 Å². The molecule has 0 aromatic heterocycles. The number of primary amides is 1. The summed E-state index contributed by atoms with van der Waals surface area (Å²) in [6.07, 6.45) is 1.22. The summed E-state index contributed by atoms with van der Waals surface area (Å²) >= 11 is 0. The van der Waals surface area contributed by atoms with E-state index in [4.69, 9.17) is 5.73 Å². The molecule has 20 heavy (non-hydrogen) atoms. The highest BCUT2D eigenvalue weighted by Crippen LogP contribution is 2.23. The van der Waals surface area contributed by atoms with E-state index in [1.807, 2.05) is 6.92 Å². The van der Waals surface area contributed by atoms with Crippen LogP contribution in [0.4, 0.5) is 4.79 Å². The molecule has 7 heteroatoms. The summed E-state index contributed by atoms with van der Waals surface area (Å²) in [7, 11) is 0. The van der Waals surface area contributed by atoms with Crippen LogP contribution in [0.15, 0.2) is 0 Å². The fourth-order valence-corrected chi connectivity index (χ4v) is 2.46. The zero-order valence-corrected chi connectivity index (χ0v) is 12.2. The molecule has 2 atom stereocenters.